The van der Waals surface area contributed by atoms with Crippen LogP contribution in [0.1, 0.15) is 50.5 Å². The molecule has 100 valence electrons. The van der Waals surface area contributed by atoms with E-state index in [9.17, 15) is 4.79 Å². The van der Waals surface area contributed by atoms with Gasteiger partial charge in [0.1, 0.15) is 10.8 Å². The average Bonchev–Trinajstić information content (AvgIpc) is 2.29. The molecule has 1 rings (SSSR count). The van der Waals surface area contributed by atoms with E-state index >= 15 is 0 Å². The highest BCUT2D eigenvalue weighted by atomic mass is 35.5. The zero-order chi connectivity index (χ0) is 13.5. The van der Waals surface area contributed by atoms with Crippen molar-refractivity contribution in [3.8, 4) is 0 Å². The fourth-order valence-corrected chi connectivity index (χ4v) is 1.73. The SMILES string of the molecule is CC(C)CCCC(C)NC(=O)c1cnc(Cl)cn1. The van der Waals surface area contributed by atoms with Gasteiger partial charge in [-0.3, -0.25) is 4.79 Å². The third-order valence-corrected chi connectivity index (χ3v) is 2.84. The highest BCUT2D eigenvalue weighted by molar-refractivity contribution is 6.29. The minimum Gasteiger partial charge on any atom is -0.348 e. The number of rotatable bonds is 6. The molecule has 1 unspecified atom stereocenters. The summed E-state index contributed by atoms with van der Waals surface area (Å²) in [5.74, 6) is 0.506. The van der Waals surface area contributed by atoms with Gasteiger partial charge in [-0.25, -0.2) is 9.97 Å². The number of halogens is 1. The van der Waals surface area contributed by atoms with Gasteiger partial charge < -0.3 is 5.32 Å². The third-order valence-electron chi connectivity index (χ3n) is 2.65. The Bertz CT molecular complexity index is 378. The lowest BCUT2D eigenvalue weighted by Gasteiger charge is -2.14. The Morgan fingerprint density at radius 1 is 1.28 bits per heavy atom. The Morgan fingerprint density at radius 2 is 2.00 bits per heavy atom. The second-order valence-electron chi connectivity index (χ2n) is 4.92. The number of carbonyl (C=O) groups excluding carboxylic acids is 1. The Labute approximate surface area is 113 Å². The highest BCUT2D eigenvalue weighted by Crippen LogP contribution is 2.08. The van der Waals surface area contributed by atoms with Gasteiger partial charge >= 0.3 is 0 Å². The van der Waals surface area contributed by atoms with Gasteiger partial charge in [-0.15, -0.1) is 0 Å². The molecule has 1 amide bonds. The minimum atomic E-state index is -0.198. The molecule has 0 aliphatic carbocycles. The van der Waals surface area contributed by atoms with E-state index in [2.05, 4.69) is 29.1 Å². The van der Waals surface area contributed by atoms with Crippen molar-refractivity contribution in [1.29, 1.82) is 0 Å². The molecule has 0 aromatic carbocycles. The number of amides is 1. The van der Waals surface area contributed by atoms with E-state index in [-0.39, 0.29) is 17.1 Å². The van der Waals surface area contributed by atoms with E-state index in [0.717, 1.165) is 12.8 Å². The van der Waals surface area contributed by atoms with Crippen LogP contribution in [0.5, 0.6) is 0 Å². The van der Waals surface area contributed by atoms with E-state index in [0.29, 0.717) is 11.6 Å². The lowest BCUT2D eigenvalue weighted by molar-refractivity contribution is 0.0932. The Kier molecular flexibility index (Phi) is 6.05. The monoisotopic (exact) mass is 269 g/mol. The molecule has 1 N–H and O–H groups in total. The summed E-state index contributed by atoms with van der Waals surface area (Å²) in [6.07, 6.45) is 6.04. The number of hydrogen-bond acceptors (Lipinski definition) is 3. The van der Waals surface area contributed by atoms with Crippen molar-refractivity contribution in [3.05, 3.63) is 23.2 Å². The van der Waals surface area contributed by atoms with Crippen LogP contribution in [0.3, 0.4) is 0 Å². The maximum absolute atomic E-state index is 11.8. The second kappa shape index (κ2) is 7.31. The third kappa shape index (κ3) is 5.45. The van der Waals surface area contributed by atoms with E-state index in [1.165, 1.54) is 18.8 Å². The number of aromatic nitrogens is 2. The number of nitrogens with one attached hydrogen (secondary N) is 1. The van der Waals surface area contributed by atoms with Gasteiger partial charge in [0.05, 0.1) is 12.4 Å². The van der Waals surface area contributed by atoms with Crippen molar-refractivity contribution < 1.29 is 4.79 Å². The second-order valence-corrected chi connectivity index (χ2v) is 5.31. The highest BCUT2D eigenvalue weighted by Gasteiger charge is 2.11. The molecule has 0 saturated heterocycles. The Balaban J connectivity index is 2.37. The fraction of sp³-hybridized carbons (Fsp3) is 0.615. The molecule has 1 heterocycles. The standard InChI is InChI=1S/C13H20ClN3O/c1-9(2)5-4-6-10(3)17-13(18)11-7-16-12(14)8-15-11/h7-10H,4-6H2,1-3H3,(H,17,18). The van der Waals surface area contributed by atoms with E-state index in [1.807, 2.05) is 6.92 Å². The molecule has 0 saturated carbocycles. The van der Waals surface area contributed by atoms with Crippen LogP contribution in [0, 0.1) is 5.92 Å². The smallest absolute Gasteiger partial charge is 0.271 e. The Hall–Kier alpha value is -1.16. The molecule has 5 heteroatoms. The molecule has 0 bridgehead atoms. The predicted octanol–water partition coefficient (Wildman–Crippen LogP) is 3.07. The van der Waals surface area contributed by atoms with Gasteiger partial charge in [-0.2, -0.15) is 0 Å². The first-order valence-corrected chi connectivity index (χ1v) is 6.65. The molecule has 0 fully saturated rings. The molecule has 1 atom stereocenters. The molecule has 1 aromatic heterocycles. The van der Waals surface area contributed by atoms with Crippen molar-refractivity contribution in [2.24, 2.45) is 5.92 Å². The van der Waals surface area contributed by atoms with Gasteiger partial charge in [0, 0.05) is 6.04 Å². The zero-order valence-corrected chi connectivity index (χ0v) is 11.9. The largest absolute Gasteiger partial charge is 0.348 e. The van der Waals surface area contributed by atoms with Crippen molar-refractivity contribution in [1.82, 2.24) is 15.3 Å². The first-order chi connectivity index (χ1) is 8.49. The van der Waals surface area contributed by atoms with E-state index < -0.39 is 0 Å². The first-order valence-electron chi connectivity index (χ1n) is 6.27. The van der Waals surface area contributed by atoms with Crippen molar-refractivity contribution >= 4 is 17.5 Å². The summed E-state index contributed by atoms with van der Waals surface area (Å²) in [6, 6.07) is 0.147. The molecule has 1 aromatic rings. The van der Waals surface area contributed by atoms with Gasteiger partial charge in [0.25, 0.3) is 5.91 Å². The van der Waals surface area contributed by atoms with E-state index in [1.54, 1.807) is 0 Å². The summed E-state index contributed by atoms with van der Waals surface area (Å²) in [7, 11) is 0. The molecule has 0 aliphatic heterocycles. The van der Waals surface area contributed by atoms with Crippen LogP contribution in [0.4, 0.5) is 0 Å². The first kappa shape index (κ1) is 14.9. The van der Waals surface area contributed by atoms with Crippen LogP contribution < -0.4 is 5.32 Å². The van der Waals surface area contributed by atoms with Gasteiger partial charge in [-0.1, -0.05) is 38.3 Å². The fourth-order valence-electron chi connectivity index (χ4n) is 1.63. The molecule has 4 nitrogen and oxygen atoms in total. The van der Waals surface area contributed by atoms with Crippen LogP contribution >= 0.6 is 11.6 Å². The van der Waals surface area contributed by atoms with Crippen molar-refractivity contribution in [2.75, 3.05) is 0 Å². The van der Waals surface area contributed by atoms with E-state index in [4.69, 9.17) is 11.6 Å². The van der Waals surface area contributed by atoms with Crippen molar-refractivity contribution in [2.45, 2.75) is 46.1 Å². The van der Waals surface area contributed by atoms with Crippen molar-refractivity contribution in [3.63, 3.8) is 0 Å². The summed E-state index contributed by atoms with van der Waals surface area (Å²) in [5, 5.41) is 3.19. The van der Waals surface area contributed by atoms with Gasteiger partial charge in [0.2, 0.25) is 0 Å². The summed E-state index contributed by atoms with van der Waals surface area (Å²) in [5.41, 5.74) is 0.301. The summed E-state index contributed by atoms with van der Waals surface area (Å²) >= 11 is 5.61. The molecule has 0 spiro atoms. The van der Waals surface area contributed by atoms with Crippen LogP contribution in [-0.4, -0.2) is 21.9 Å². The number of carbonyl (C=O) groups is 1. The van der Waals surface area contributed by atoms with Crippen LogP contribution in [0.2, 0.25) is 5.15 Å². The lowest BCUT2D eigenvalue weighted by Crippen LogP contribution is -2.33. The Morgan fingerprint density at radius 3 is 2.56 bits per heavy atom. The number of nitrogens with zero attached hydrogens (tertiary/aromatic N) is 2. The normalized spacial score (nSPS) is 12.5. The molecule has 18 heavy (non-hydrogen) atoms. The summed E-state index contributed by atoms with van der Waals surface area (Å²) < 4.78 is 0. The zero-order valence-electron chi connectivity index (χ0n) is 11.1. The summed E-state index contributed by atoms with van der Waals surface area (Å²) in [6.45, 7) is 6.40. The molecular weight excluding hydrogens is 250 g/mol. The van der Waals surface area contributed by atoms with Crippen LogP contribution in [0.15, 0.2) is 12.4 Å². The quantitative estimate of drug-likeness (QED) is 0.863. The topological polar surface area (TPSA) is 54.9 Å². The maximum Gasteiger partial charge on any atom is 0.271 e. The van der Waals surface area contributed by atoms with Gasteiger partial charge in [0.15, 0.2) is 0 Å². The number of hydrogen-bond donors (Lipinski definition) is 1. The lowest BCUT2D eigenvalue weighted by atomic mass is 10.0. The minimum absolute atomic E-state index is 0.147. The molecular formula is C13H20ClN3O. The van der Waals surface area contributed by atoms with Gasteiger partial charge in [-0.05, 0) is 19.3 Å². The average molecular weight is 270 g/mol. The predicted molar refractivity (Wildman–Crippen MR) is 72.7 cm³/mol. The molecule has 0 aliphatic rings. The maximum atomic E-state index is 11.8. The molecule has 0 radical (unpaired) electrons. The summed E-state index contributed by atoms with van der Waals surface area (Å²) in [4.78, 5) is 19.6. The van der Waals surface area contributed by atoms with Crippen LogP contribution in [-0.2, 0) is 0 Å². The van der Waals surface area contributed by atoms with Crippen LogP contribution in [0.25, 0.3) is 0 Å².